The van der Waals surface area contributed by atoms with Crippen molar-refractivity contribution in [2.45, 2.75) is 13.0 Å². The molecule has 0 radical (unpaired) electrons. The predicted octanol–water partition coefficient (Wildman–Crippen LogP) is 1.90. The lowest BCUT2D eigenvalue weighted by atomic mass is 9.96. The summed E-state index contributed by atoms with van der Waals surface area (Å²) in [5.41, 5.74) is 1.53. The Morgan fingerprint density at radius 1 is 1.42 bits per heavy atom. The van der Waals surface area contributed by atoms with Gasteiger partial charge in [0.15, 0.2) is 0 Å². The van der Waals surface area contributed by atoms with E-state index in [1.165, 1.54) is 30.3 Å². The van der Waals surface area contributed by atoms with Crippen LogP contribution in [0.2, 0.25) is 0 Å². The SMILES string of the molecule is COCCOC(=O)C1=C(C)Nc2ncnn2C1c1cccc(F)c1. The van der Waals surface area contributed by atoms with Gasteiger partial charge in [0.2, 0.25) is 5.95 Å². The van der Waals surface area contributed by atoms with Gasteiger partial charge in [-0.05, 0) is 24.6 Å². The Morgan fingerprint density at radius 2 is 2.25 bits per heavy atom. The second-order valence-electron chi connectivity index (χ2n) is 5.28. The molecule has 1 aromatic heterocycles. The quantitative estimate of drug-likeness (QED) is 0.665. The average Bonchev–Trinajstić information content (AvgIpc) is 3.01. The molecule has 2 heterocycles. The number of methoxy groups -OCH3 is 1. The Balaban J connectivity index is 2.02. The van der Waals surface area contributed by atoms with Crippen LogP contribution in [0.4, 0.5) is 10.3 Å². The summed E-state index contributed by atoms with van der Waals surface area (Å²) in [5, 5.41) is 7.18. The zero-order valence-corrected chi connectivity index (χ0v) is 13.3. The van der Waals surface area contributed by atoms with Gasteiger partial charge in [-0.1, -0.05) is 12.1 Å². The van der Waals surface area contributed by atoms with Crippen molar-refractivity contribution in [2.75, 3.05) is 25.6 Å². The van der Waals surface area contributed by atoms with Crippen LogP contribution in [-0.2, 0) is 14.3 Å². The Bertz CT molecular complexity index is 787. The minimum atomic E-state index is -0.616. The molecule has 0 spiro atoms. The summed E-state index contributed by atoms with van der Waals surface area (Å²) in [7, 11) is 1.53. The topological polar surface area (TPSA) is 78.3 Å². The van der Waals surface area contributed by atoms with Gasteiger partial charge in [-0.3, -0.25) is 0 Å². The molecule has 0 bridgehead atoms. The predicted molar refractivity (Wildman–Crippen MR) is 83.7 cm³/mol. The summed E-state index contributed by atoms with van der Waals surface area (Å²) < 4.78 is 25.4. The number of carbonyl (C=O) groups is 1. The summed E-state index contributed by atoms with van der Waals surface area (Å²) in [5.74, 6) is -0.417. The number of esters is 1. The van der Waals surface area contributed by atoms with E-state index in [0.717, 1.165) is 0 Å². The van der Waals surface area contributed by atoms with Gasteiger partial charge in [0.05, 0.1) is 12.2 Å². The number of rotatable bonds is 5. The smallest absolute Gasteiger partial charge is 0.338 e. The van der Waals surface area contributed by atoms with Crippen molar-refractivity contribution < 1.29 is 18.7 Å². The van der Waals surface area contributed by atoms with E-state index in [2.05, 4.69) is 15.4 Å². The standard InChI is InChI=1S/C16H17FN4O3/c1-10-13(15(22)24-7-6-23-2)14(11-4-3-5-12(17)8-11)21-16(20-10)18-9-19-21/h3-5,8-9,14H,6-7H2,1-2H3,(H,18,19,20). The number of aromatic nitrogens is 3. The lowest BCUT2D eigenvalue weighted by Gasteiger charge is -2.28. The zero-order valence-electron chi connectivity index (χ0n) is 13.3. The normalized spacial score (nSPS) is 16.5. The first-order valence-electron chi connectivity index (χ1n) is 7.40. The molecule has 2 aromatic rings. The van der Waals surface area contributed by atoms with Crippen LogP contribution in [-0.4, -0.2) is 41.1 Å². The number of fused-ring (bicyclic) bond motifs is 1. The molecule has 0 saturated carbocycles. The highest BCUT2D eigenvalue weighted by Gasteiger charge is 2.34. The number of hydrogen-bond acceptors (Lipinski definition) is 6. The van der Waals surface area contributed by atoms with E-state index in [-0.39, 0.29) is 6.61 Å². The van der Waals surface area contributed by atoms with Crippen molar-refractivity contribution in [1.82, 2.24) is 14.8 Å². The summed E-state index contributed by atoms with van der Waals surface area (Å²) in [4.78, 5) is 16.7. The minimum Gasteiger partial charge on any atom is -0.460 e. The largest absolute Gasteiger partial charge is 0.460 e. The van der Waals surface area contributed by atoms with E-state index in [1.807, 2.05) is 0 Å². The van der Waals surface area contributed by atoms with Crippen LogP contribution in [0.1, 0.15) is 18.5 Å². The highest BCUT2D eigenvalue weighted by Crippen LogP contribution is 2.35. The van der Waals surface area contributed by atoms with Crippen molar-refractivity contribution in [3.63, 3.8) is 0 Å². The van der Waals surface area contributed by atoms with Gasteiger partial charge in [0, 0.05) is 12.8 Å². The van der Waals surface area contributed by atoms with E-state index < -0.39 is 17.8 Å². The van der Waals surface area contributed by atoms with Crippen molar-refractivity contribution >= 4 is 11.9 Å². The molecule has 0 saturated heterocycles. The zero-order chi connectivity index (χ0) is 17.1. The van der Waals surface area contributed by atoms with Crippen LogP contribution in [0.3, 0.4) is 0 Å². The van der Waals surface area contributed by atoms with Crippen LogP contribution in [0.5, 0.6) is 0 Å². The maximum absolute atomic E-state index is 13.7. The third-order valence-corrected chi connectivity index (χ3v) is 3.70. The molecule has 126 valence electrons. The molecule has 0 amide bonds. The molecule has 8 heteroatoms. The summed E-state index contributed by atoms with van der Waals surface area (Å²) in [6, 6.07) is 5.43. The van der Waals surface area contributed by atoms with Crippen LogP contribution in [0.25, 0.3) is 0 Å². The second kappa shape index (κ2) is 6.79. The summed E-state index contributed by atoms with van der Waals surface area (Å²) in [6.07, 6.45) is 1.38. The fourth-order valence-electron chi connectivity index (χ4n) is 2.64. The molecule has 1 N–H and O–H groups in total. The molecule has 1 aromatic carbocycles. The van der Waals surface area contributed by atoms with E-state index in [1.54, 1.807) is 19.1 Å². The van der Waals surface area contributed by atoms with E-state index in [4.69, 9.17) is 9.47 Å². The van der Waals surface area contributed by atoms with E-state index >= 15 is 0 Å². The number of hydrogen-bond donors (Lipinski definition) is 1. The number of nitrogens with zero attached hydrogens (tertiary/aromatic N) is 3. The monoisotopic (exact) mass is 332 g/mol. The van der Waals surface area contributed by atoms with E-state index in [0.29, 0.717) is 29.4 Å². The highest BCUT2D eigenvalue weighted by molar-refractivity contribution is 5.92. The molecule has 1 atom stereocenters. The Morgan fingerprint density at radius 3 is 3.00 bits per heavy atom. The fraction of sp³-hybridized carbons (Fsp3) is 0.312. The molecular formula is C16H17FN4O3. The summed E-state index contributed by atoms with van der Waals surface area (Å²) in [6.45, 7) is 2.17. The second-order valence-corrected chi connectivity index (χ2v) is 5.28. The van der Waals surface area contributed by atoms with Crippen LogP contribution < -0.4 is 5.32 Å². The number of nitrogens with one attached hydrogen (secondary N) is 1. The maximum atomic E-state index is 13.7. The average molecular weight is 332 g/mol. The molecule has 7 nitrogen and oxygen atoms in total. The Hall–Kier alpha value is -2.74. The van der Waals surface area contributed by atoms with Gasteiger partial charge < -0.3 is 14.8 Å². The first kappa shape index (κ1) is 16.1. The lowest BCUT2D eigenvalue weighted by molar-refractivity contribution is -0.140. The van der Waals surface area contributed by atoms with Gasteiger partial charge in [0.25, 0.3) is 0 Å². The Kier molecular flexibility index (Phi) is 4.57. The van der Waals surface area contributed by atoms with Crippen molar-refractivity contribution in [1.29, 1.82) is 0 Å². The third kappa shape index (κ3) is 3.00. The molecule has 1 unspecified atom stereocenters. The van der Waals surface area contributed by atoms with E-state index in [9.17, 15) is 9.18 Å². The highest BCUT2D eigenvalue weighted by atomic mass is 19.1. The number of carbonyl (C=O) groups excluding carboxylic acids is 1. The molecule has 24 heavy (non-hydrogen) atoms. The number of anilines is 1. The number of ether oxygens (including phenoxy) is 2. The fourth-order valence-corrected chi connectivity index (χ4v) is 2.64. The van der Waals surface area contributed by atoms with Crippen LogP contribution in [0.15, 0.2) is 41.9 Å². The van der Waals surface area contributed by atoms with Crippen LogP contribution >= 0.6 is 0 Å². The third-order valence-electron chi connectivity index (χ3n) is 3.70. The van der Waals surface area contributed by atoms with Gasteiger partial charge in [0.1, 0.15) is 24.8 Å². The van der Waals surface area contributed by atoms with Gasteiger partial charge in [-0.2, -0.15) is 10.1 Å². The van der Waals surface area contributed by atoms with Crippen LogP contribution in [0, 0.1) is 5.82 Å². The van der Waals surface area contributed by atoms with Crippen molar-refractivity contribution in [2.24, 2.45) is 0 Å². The first-order chi connectivity index (χ1) is 11.6. The molecule has 0 fully saturated rings. The number of benzene rings is 1. The molecule has 0 aliphatic carbocycles. The maximum Gasteiger partial charge on any atom is 0.338 e. The molecule has 3 rings (SSSR count). The van der Waals surface area contributed by atoms with Gasteiger partial charge >= 0.3 is 5.97 Å². The van der Waals surface area contributed by atoms with Gasteiger partial charge in [-0.25, -0.2) is 13.9 Å². The number of halogens is 1. The minimum absolute atomic E-state index is 0.131. The first-order valence-corrected chi connectivity index (χ1v) is 7.40. The molecular weight excluding hydrogens is 315 g/mol. The Labute approximate surface area is 138 Å². The van der Waals surface area contributed by atoms with Crippen molar-refractivity contribution in [3.05, 3.63) is 53.2 Å². The van der Waals surface area contributed by atoms with Crippen molar-refractivity contribution in [3.8, 4) is 0 Å². The molecule has 1 aliphatic rings. The van der Waals surface area contributed by atoms with Gasteiger partial charge in [-0.15, -0.1) is 0 Å². The number of allylic oxidation sites excluding steroid dienone is 1. The molecule has 1 aliphatic heterocycles. The summed E-state index contributed by atoms with van der Waals surface area (Å²) >= 11 is 0. The lowest BCUT2D eigenvalue weighted by Crippen LogP contribution is -2.30.